The number of sulfone groups is 1. The molecule has 2 amide bonds. The zero-order chi connectivity index (χ0) is 23.7. The molecule has 0 aliphatic heterocycles. The number of carbonyl (C=O) groups excluding carboxylic acids is 1. The molecule has 0 saturated heterocycles. The molecule has 0 fully saturated rings. The molecule has 12 nitrogen and oxygen atoms in total. The monoisotopic (exact) mass is 471 g/mol. The van der Waals surface area contributed by atoms with E-state index in [1.165, 1.54) is 42.5 Å². The number of nitrogens with two attached hydrogens (primary N) is 2. The van der Waals surface area contributed by atoms with Gasteiger partial charge in [0, 0.05) is 5.70 Å². The van der Waals surface area contributed by atoms with Gasteiger partial charge < -0.3 is 16.8 Å². The summed E-state index contributed by atoms with van der Waals surface area (Å²) in [7, 11) is -8.61. The Morgan fingerprint density at radius 2 is 1.81 bits per heavy atom. The molecule has 0 radical (unpaired) electrons. The molecule has 0 atom stereocenters. The van der Waals surface area contributed by atoms with Gasteiger partial charge in [0.25, 0.3) is 0 Å². The van der Waals surface area contributed by atoms with Gasteiger partial charge in [0.2, 0.25) is 0 Å². The van der Waals surface area contributed by atoms with E-state index in [9.17, 15) is 21.6 Å². The van der Waals surface area contributed by atoms with Gasteiger partial charge in [0.1, 0.15) is 5.70 Å². The van der Waals surface area contributed by atoms with Gasteiger partial charge in [-0.1, -0.05) is 19.2 Å². The van der Waals surface area contributed by atoms with Gasteiger partial charge in [-0.05, 0) is 36.4 Å². The Kier molecular flexibility index (Phi) is 9.26. The van der Waals surface area contributed by atoms with Crippen LogP contribution in [0.1, 0.15) is 0 Å². The van der Waals surface area contributed by atoms with Gasteiger partial charge in [-0.3, -0.25) is 4.55 Å². The summed E-state index contributed by atoms with van der Waals surface area (Å²) in [6.45, 7) is 6.30. The van der Waals surface area contributed by atoms with Crippen molar-refractivity contribution in [2.24, 2.45) is 21.7 Å². The topological polar surface area (TPSA) is 204 Å². The van der Waals surface area contributed by atoms with Crippen molar-refractivity contribution in [2.45, 2.75) is 4.90 Å². The summed E-state index contributed by atoms with van der Waals surface area (Å²) in [5.41, 5.74) is 11.3. The standard InChI is InChI=1S/C17H21N5O7S2/c1-3-4-15(16(11-12(2)18)20-17(19)23)22-21-13-5-7-14(8-6-13)30(24,25)10-9-29-31(26,27)28/h3-8,11H,1-2,9-10,18H2,(H3,19,20,23)(H,26,27,28)/b15-4+,16-11+,22-21+. The highest BCUT2D eigenvalue weighted by atomic mass is 32.3. The quantitative estimate of drug-likeness (QED) is 0.211. The summed E-state index contributed by atoms with van der Waals surface area (Å²) < 4.78 is 57.8. The molecule has 0 saturated carbocycles. The van der Waals surface area contributed by atoms with Crippen molar-refractivity contribution in [1.82, 2.24) is 5.32 Å². The minimum Gasteiger partial charge on any atom is -0.399 e. The second-order valence-corrected chi connectivity index (χ2v) is 8.87. The number of benzene rings is 1. The van der Waals surface area contributed by atoms with Crippen LogP contribution in [0.5, 0.6) is 0 Å². The molecule has 0 aromatic heterocycles. The molecule has 0 unspecified atom stereocenters. The maximum atomic E-state index is 12.2. The summed E-state index contributed by atoms with van der Waals surface area (Å²) in [5.74, 6) is -0.671. The Morgan fingerprint density at radius 3 is 2.29 bits per heavy atom. The van der Waals surface area contributed by atoms with Crippen molar-refractivity contribution < 1.29 is 30.4 Å². The molecule has 0 heterocycles. The third kappa shape index (κ3) is 9.81. The Balaban J connectivity index is 3.06. The van der Waals surface area contributed by atoms with E-state index in [2.05, 4.69) is 32.9 Å². The first-order valence-electron chi connectivity index (χ1n) is 8.26. The van der Waals surface area contributed by atoms with E-state index in [-0.39, 0.29) is 27.7 Å². The zero-order valence-electron chi connectivity index (χ0n) is 16.1. The van der Waals surface area contributed by atoms with Crippen LogP contribution in [-0.2, 0) is 24.4 Å². The largest absolute Gasteiger partial charge is 0.399 e. The second-order valence-electron chi connectivity index (χ2n) is 5.67. The number of hydrogen-bond donors (Lipinski definition) is 4. The van der Waals surface area contributed by atoms with E-state index >= 15 is 0 Å². The fourth-order valence-electron chi connectivity index (χ4n) is 1.98. The average Bonchev–Trinajstić information content (AvgIpc) is 2.63. The van der Waals surface area contributed by atoms with Crippen molar-refractivity contribution in [3.63, 3.8) is 0 Å². The van der Waals surface area contributed by atoms with Gasteiger partial charge in [-0.2, -0.15) is 13.5 Å². The zero-order valence-corrected chi connectivity index (χ0v) is 17.8. The van der Waals surface area contributed by atoms with E-state index < -0.39 is 38.6 Å². The Morgan fingerprint density at radius 1 is 1.19 bits per heavy atom. The number of amides is 2. The van der Waals surface area contributed by atoms with Crippen LogP contribution >= 0.6 is 0 Å². The molecular formula is C17H21N5O7S2. The molecule has 168 valence electrons. The maximum absolute atomic E-state index is 12.2. The molecule has 31 heavy (non-hydrogen) atoms. The van der Waals surface area contributed by atoms with Crippen molar-refractivity contribution in [1.29, 1.82) is 0 Å². The first kappa shape index (κ1) is 25.7. The number of hydrogen-bond acceptors (Lipinski definition) is 9. The number of allylic oxidation sites excluding steroid dienone is 3. The lowest BCUT2D eigenvalue weighted by Gasteiger charge is -2.08. The van der Waals surface area contributed by atoms with Crippen LogP contribution < -0.4 is 16.8 Å². The number of nitrogens with zero attached hydrogens (tertiary/aromatic N) is 2. The molecule has 0 aliphatic rings. The fraction of sp³-hybridized carbons (Fsp3) is 0.118. The number of nitrogens with one attached hydrogen (secondary N) is 1. The van der Waals surface area contributed by atoms with Crippen LogP contribution in [0.4, 0.5) is 10.5 Å². The van der Waals surface area contributed by atoms with Gasteiger partial charge in [0.15, 0.2) is 9.84 Å². The lowest BCUT2D eigenvalue weighted by molar-refractivity contribution is 0.251. The number of rotatable bonds is 11. The minimum absolute atomic E-state index is 0.112. The third-order valence-electron chi connectivity index (χ3n) is 3.19. The molecular weight excluding hydrogens is 450 g/mol. The van der Waals surface area contributed by atoms with E-state index in [1.54, 1.807) is 0 Å². The number of primary amides is 1. The lowest BCUT2D eigenvalue weighted by Crippen LogP contribution is -2.29. The van der Waals surface area contributed by atoms with Crippen LogP contribution in [0.2, 0.25) is 0 Å². The smallest absolute Gasteiger partial charge is 0.397 e. The van der Waals surface area contributed by atoms with Crippen molar-refractivity contribution in [2.75, 3.05) is 12.4 Å². The number of urea groups is 1. The molecule has 0 bridgehead atoms. The summed E-state index contributed by atoms with van der Waals surface area (Å²) in [5, 5.41) is 10.3. The highest BCUT2D eigenvalue weighted by Crippen LogP contribution is 2.20. The van der Waals surface area contributed by atoms with Gasteiger partial charge >= 0.3 is 16.4 Å². The highest BCUT2D eigenvalue weighted by Gasteiger charge is 2.16. The van der Waals surface area contributed by atoms with E-state index in [0.29, 0.717) is 0 Å². The molecule has 1 aromatic rings. The Bertz CT molecular complexity index is 1140. The molecule has 0 aliphatic carbocycles. The molecule has 1 rings (SSSR count). The average molecular weight is 472 g/mol. The van der Waals surface area contributed by atoms with Crippen molar-refractivity contribution >= 4 is 32.0 Å². The van der Waals surface area contributed by atoms with E-state index in [1.807, 2.05) is 0 Å². The molecule has 14 heteroatoms. The summed E-state index contributed by atoms with van der Waals surface area (Å²) >= 11 is 0. The molecule has 6 N–H and O–H groups in total. The van der Waals surface area contributed by atoms with E-state index in [4.69, 9.17) is 16.0 Å². The third-order valence-corrected chi connectivity index (χ3v) is 5.35. The SMILES string of the molecule is C=C/C=C(/N=N/c1ccc(S(=O)(=O)CCOS(=O)(=O)O)cc1)C(=C/C(=C)N)\NC(N)=O. The van der Waals surface area contributed by atoms with Gasteiger partial charge in [0.05, 0.1) is 28.6 Å². The predicted octanol–water partition coefficient (Wildman–Crippen LogP) is 1.46. The lowest BCUT2D eigenvalue weighted by atomic mass is 10.2. The van der Waals surface area contributed by atoms with Gasteiger partial charge in [-0.25, -0.2) is 17.4 Å². The van der Waals surface area contributed by atoms with E-state index in [0.717, 1.165) is 0 Å². The predicted molar refractivity (Wildman–Crippen MR) is 113 cm³/mol. The van der Waals surface area contributed by atoms with Crippen LogP contribution in [-0.4, -0.2) is 39.8 Å². The Hall–Kier alpha value is -3.33. The number of carbonyl (C=O) groups is 1. The van der Waals surface area contributed by atoms with Gasteiger partial charge in [-0.15, -0.1) is 5.11 Å². The fourth-order valence-corrected chi connectivity index (χ4v) is 3.47. The first-order valence-corrected chi connectivity index (χ1v) is 11.3. The maximum Gasteiger partial charge on any atom is 0.397 e. The summed E-state index contributed by atoms with van der Waals surface area (Å²) in [6.07, 6.45) is 4.11. The van der Waals surface area contributed by atoms with Crippen LogP contribution in [0, 0.1) is 0 Å². The first-order chi connectivity index (χ1) is 14.3. The van der Waals surface area contributed by atoms with Crippen molar-refractivity contribution in [3.8, 4) is 0 Å². The normalized spacial score (nSPS) is 13.2. The van der Waals surface area contributed by atoms with Crippen molar-refractivity contribution in [3.05, 3.63) is 72.7 Å². The molecule has 0 spiro atoms. The second kappa shape index (κ2) is 11.2. The van der Waals surface area contributed by atoms with Crippen LogP contribution in [0.15, 0.2) is 87.9 Å². The number of azo groups is 1. The molecule has 1 aromatic carbocycles. The minimum atomic E-state index is -4.73. The van der Waals surface area contributed by atoms with Crippen LogP contribution in [0.25, 0.3) is 0 Å². The summed E-state index contributed by atoms with van der Waals surface area (Å²) in [6, 6.07) is 4.28. The Labute approximate surface area is 179 Å². The highest BCUT2D eigenvalue weighted by molar-refractivity contribution is 7.91. The van der Waals surface area contributed by atoms with Crippen LogP contribution in [0.3, 0.4) is 0 Å². The summed E-state index contributed by atoms with van der Waals surface area (Å²) in [4.78, 5) is 11.1.